The van der Waals surface area contributed by atoms with Crippen molar-refractivity contribution in [3.63, 3.8) is 0 Å². The maximum absolute atomic E-state index is 12.3. The number of carbonyl (C=O) groups is 1. The van der Waals surface area contributed by atoms with Crippen LogP contribution in [-0.2, 0) is 11.3 Å². The molecule has 5 heteroatoms. The number of carbonyl (C=O) groups excluding carboxylic acids is 1. The number of hydrogen-bond donors (Lipinski definition) is 2. The normalized spacial score (nSPS) is 23.3. The van der Waals surface area contributed by atoms with Gasteiger partial charge in [0.25, 0.3) is 0 Å². The van der Waals surface area contributed by atoms with Crippen molar-refractivity contribution in [1.29, 1.82) is 0 Å². The summed E-state index contributed by atoms with van der Waals surface area (Å²) in [5, 5.41) is 10.6. The van der Waals surface area contributed by atoms with E-state index in [4.69, 9.17) is 0 Å². The molecule has 2 rings (SSSR count). The van der Waals surface area contributed by atoms with Gasteiger partial charge in [-0.15, -0.1) is 0 Å². The van der Waals surface area contributed by atoms with Crippen LogP contribution in [-0.4, -0.2) is 28.3 Å². The number of aryl methyl sites for hydroxylation is 1. The van der Waals surface area contributed by atoms with Crippen molar-refractivity contribution < 1.29 is 4.79 Å². The van der Waals surface area contributed by atoms with Crippen molar-refractivity contribution in [3.05, 3.63) is 12.3 Å². The first-order valence-corrected chi connectivity index (χ1v) is 7.26. The molecule has 1 amide bonds. The Hall–Kier alpha value is -1.36. The van der Waals surface area contributed by atoms with Crippen LogP contribution >= 0.6 is 0 Å². The standard InChI is InChI=1S/C14H24N4O/c1-3-4-9-18-13(6-8-16-18)17-14(19)12-5-7-15-11(2)10-12/h6,8,11-12,15H,3-5,7,9-10H2,1-2H3,(H,17,19)/t11-,12-/m0/s1. The fourth-order valence-electron chi connectivity index (χ4n) is 2.52. The fraction of sp³-hybridized carbons (Fsp3) is 0.714. The van der Waals surface area contributed by atoms with E-state index in [0.717, 1.165) is 44.6 Å². The maximum atomic E-state index is 12.3. The van der Waals surface area contributed by atoms with Gasteiger partial charge >= 0.3 is 0 Å². The number of aromatic nitrogens is 2. The molecule has 0 radical (unpaired) electrons. The second-order valence-electron chi connectivity index (χ2n) is 5.36. The predicted molar refractivity (Wildman–Crippen MR) is 76.0 cm³/mol. The number of piperidine rings is 1. The summed E-state index contributed by atoms with van der Waals surface area (Å²) in [5.41, 5.74) is 0. The van der Waals surface area contributed by atoms with Crippen molar-refractivity contribution >= 4 is 11.7 Å². The van der Waals surface area contributed by atoms with E-state index in [1.165, 1.54) is 0 Å². The van der Waals surface area contributed by atoms with E-state index in [0.29, 0.717) is 6.04 Å². The molecule has 1 aromatic rings. The second kappa shape index (κ2) is 6.70. The molecular formula is C14H24N4O. The largest absolute Gasteiger partial charge is 0.314 e. The van der Waals surface area contributed by atoms with Gasteiger partial charge in [-0.3, -0.25) is 4.79 Å². The zero-order valence-electron chi connectivity index (χ0n) is 11.9. The summed E-state index contributed by atoms with van der Waals surface area (Å²) in [6.07, 6.45) is 5.78. The zero-order chi connectivity index (χ0) is 13.7. The molecule has 0 bridgehead atoms. The van der Waals surface area contributed by atoms with Gasteiger partial charge in [0.15, 0.2) is 0 Å². The summed E-state index contributed by atoms with van der Waals surface area (Å²) >= 11 is 0. The molecule has 2 heterocycles. The van der Waals surface area contributed by atoms with Crippen molar-refractivity contribution in [2.75, 3.05) is 11.9 Å². The lowest BCUT2D eigenvalue weighted by molar-refractivity contribution is -0.120. The minimum atomic E-state index is 0.116. The molecule has 0 saturated carbocycles. The Balaban J connectivity index is 1.92. The SMILES string of the molecule is CCCCn1nccc1NC(=O)[C@H]1CCN[C@@H](C)C1. The third-order valence-corrected chi connectivity index (χ3v) is 3.69. The average molecular weight is 264 g/mol. The molecule has 0 unspecified atom stereocenters. The zero-order valence-corrected chi connectivity index (χ0v) is 11.9. The van der Waals surface area contributed by atoms with Crippen LogP contribution in [0.4, 0.5) is 5.82 Å². The minimum Gasteiger partial charge on any atom is -0.314 e. The summed E-state index contributed by atoms with van der Waals surface area (Å²) in [7, 11) is 0. The molecular weight excluding hydrogens is 240 g/mol. The Bertz CT molecular complexity index is 415. The third-order valence-electron chi connectivity index (χ3n) is 3.69. The van der Waals surface area contributed by atoms with Crippen LogP contribution in [0.15, 0.2) is 12.3 Å². The van der Waals surface area contributed by atoms with E-state index in [1.54, 1.807) is 6.20 Å². The van der Waals surface area contributed by atoms with Crippen molar-refractivity contribution in [1.82, 2.24) is 15.1 Å². The highest BCUT2D eigenvalue weighted by Gasteiger charge is 2.25. The van der Waals surface area contributed by atoms with Crippen molar-refractivity contribution in [3.8, 4) is 0 Å². The number of hydrogen-bond acceptors (Lipinski definition) is 3. The summed E-state index contributed by atoms with van der Waals surface area (Å²) in [5.74, 6) is 1.07. The lowest BCUT2D eigenvalue weighted by Crippen LogP contribution is -2.40. The Morgan fingerprint density at radius 3 is 3.21 bits per heavy atom. The van der Waals surface area contributed by atoms with Crippen molar-refractivity contribution in [2.24, 2.45) is 5.92 Å². The van der Waals surface area contributed by atoms with Gasteiger partial charge in [0, 0.05) is 24.6 Å². The minimum absolute atomic E-state index is 0.116. The molecule has 5 nitrogen and oxygen atoms in total. The molecule has 0 aromatic carbocycles. The summed E-state index contributed by atoms with van der Waals surface area (Å²) in [4.78, 5) is 12.3. The fourth-order valence-corrected chi connectivity index (χ4v) is 2.52. The van der Waals surface area contributed by atoms with Crippen LogP contribution in [0, 0.1) is 5.92 Å². The van der Waals surface area contributed by atoms with Gasteiger partial charge in [-0.05, 0) is 32.7 Å². The van der Waals surface area contributed by atoms with E-state index in [2.05, 4.69) is 29.6 Å². The van der Waals surface area contributed by atoms with E-state index in [1.807, 2.05) is 10.7 Å². The molecule has 106 valence electrons. The Morgan fingerprint density at radius 1 is 1.63 bits per heavy atom. The lowest BCUT2D eigenvalue weighted by Gasteiger charge is -2.27. The van der Waals surface area contributed by atoms with Gasteiger partial charge in [0.1, 0.15) is 5.82 Å². The van der Waals surface area contributed by atoms with Crippen LogP contribution in [0.3, 0.4) is 0 Å². The number of unbranched alkanes of at least 4 members (excludes halogenated alkanes) is 1. The maximum Gasteiger partial charge on any atom is 0.228 e. The number of anilines is 1. The van der Waals surface area contributed by atoms with Crippen LogP contribution in [0.25, 0.3) is 0 Å². The molecule has 19 heavy (non-hydrogen) atoms. The summed E-state index contributed by atoms with van der Waals surface area (Å²) in [6, 6.07) is 2.30. The topological polar surface area (TPSA) is 59.0 Å². The number of nitrogens with zero attached hydrogens (tertiary/aromatic N) is 2. The monoisotopic (exact) mass is 264 g/mol. The van der Waals surface area contributed by atoms with E-state index in [-0.39, 0.29) is 11.8 Å². The van der Waals surface area contributed by atoms with Crippen LogP contribution in [0.1, 0.15) is 39.5 Å². The first kappa shape index (κ1) is 14.1. The molecule has 0 spiro atoms. The lowest BCUT2D eigenvalue weighted by atomic mass is 9.92. The van der Waals surface area contributed by atoms with Gasteiger partial charge in [-0.2, -0.15) is 5.10 Å². The van der Waals surface area contributed by atoms with Crippen LogP contribution in [0.2, 0.25) is 0 Å². The Morgan fingerprint density at radius 2 is 2.47 bits per heavy atom. The molecule has 0 aliphatic carbocycles. The molecule has 2 atom stereocenters. The number of rotatable bonds is 5. The number of nitrogens with one attached hydrogen (secondary N) is 2. The van der Waals surface area contributed by atoms with Gasteiger partial charge in [-0.1, -0.05) is 13.3 Å². The van der Waals surface area contributed by atoms with Gasteiger partial charge < -0.3 is 10.6 Å². The van der Waals surface area contributed by atoms with E-state index in [9.17, 15) is 4.79 Å². The molecule has 1 aliphatic rings. The highest BCUT2D eigenvalue weighted by molar-refractivity contribution is 5.91. The molecule has 1 aromatic heterocycles. The van der Waals surface area contributed by atoms with Crippen LogP contribution in [0.5, 0.6) is 0 Å². The molecule has 1 saturated heterocycles. The van der Waals surface area contributed by atoms with E-state index < -0.39 is 0 Å². The highest BCUT2D eigenvalue weighted by atomic mass is 16.2. The molecule has 2 N–H and O–H groups in total. The second-order valence-corrected chi connectivity index (χ2v) is 5.36. The Labute approximate surface area is 114 Å². The Kier molecular flexibility index (Phi) is 4.96. The number of amides is 1. The highest BCUT2D eigenvalue weighted by Crippen LogP contribution is 2.18. The molecule has 1 aliphatic heterocycles. The predicted octanol–water partition coefficient (Wildman–Crippen LogP) is 2.01. The summed E-state index contributed by atoms with van der Waals surface area (Å²) < 4.78 is 1.88. The third kappa shape index (κ3) is 3.80. The first-order chi connectivity index (χ1) is 9.20. The summed E-state index contributed by atoms with van der Waals surface area (Å²) in [6.45, 7) is 6.07. The quantitative estimate of drug-likeness (QED) is 0.855. The van der Waals surface area contributed by atoms with Gasteiger partial charge in [-0.25, -0.2) is 4.68 Å². The smallest absolute Gasteiger partial charge is 0.228 e. The van der Waals surface area contributed by atoms with Gasteiger partial charge in [0.05, 0.1) is 6.20 Å². The first-order valence-electron chi connectivity index (χ1n) is 7.26. The molecule has 1 fully saturated rings. The van der Waals surface area contributed by atoms with Crippen molar-refractivity contribution in [2.45, 2.75) is 52.1 Å². The van der Waals surface area contributed by atoms with E-state index >= 15 is 0 Å². The average Bonchev–Trinajstić information content (AvgIpc) is 2.83. The van der Waals surface area contributed by atoms with Crippen LogP contribution < -0.4 is 10.6 Å². The van der Waals surface area contributed by atoms with Gasteiger partial charge in [0.2, 0.25) is 5.91 Å².